The highest BCUT2D eigenvalue weighted by molar-refractivity contribution is 7.99. The summed E-state index contributed by atoms with van der Waals surface area (Å²) in [5.41, 5.74) is 4.95. The molecule has 0 atom stereocenters. The second kappa shape index (κ2) is 11.7. The maximum Gasteiger partial charge on any atom is 0.307 e. The van der Waals surface area contributed by atoms with Crippen LogP contribution < -0.4 is 0 Å². The molecule has 0 saturated heterocycles. The van der Waals surface area contributed by atoms with Gasteiger partial charge in [-0.05, 0) is 61.9 Å². The van der Waals surface area contributed by atoms with Crippen LogP contribution in [0.3, 0.4) is 0 Å². The molecule has 1 aromatic heterocycles. The molecule has 4 aromatic rings. The lowest BCUT2D eigenvalue weighted by Gasteiger charge is -2.20. The molecule has 0 aliphatic heterocycles. The van der Waals surface area contributed by atoms with Gasteiger partial charge in [0.25, 0.3) is 0 Å². The fourth-order valence-corrected chi connectivity index (χ4v) is 5.09. The van der Waals surface area contributed by atoms with E-state index >= 15 is 0 Å². The van der Waals surface area contributed by atoms with Gasteiger partial charge in [0.1, 0.15) is 5.78 Å². The second-order valence-electron chi connectivity index (χ2n) is 9.87. The van der Waals surface area contributed by atoms with Crippen LogP contribution >= 0.6 is 35.0 Å². The van der Waals surface area contributed by atoms with Crippen LogP contribution in [0.25, 0.3) is 16.8 Å². The zero-order valence-electron chi connectivity index (χ0n) is 21.1. The summed E-state index contributed by atoms with van der Waals surface area (Å²) in [7, 11) is 0. The van der Waals surface area contributed by atoms with Crippen LogP contribution in [0.1, 0.15) is 37.5 Å². The maximum absolute atomic E-state index is 12.8. The number of Topliss-reactive ketones (excluding diaryl/α,β-unsaturated/α-hetero) is 1. The highest BCUT2D eigenvalue weighted by Gasteiger charge is 2.19. The van der Waals surface area contributed by atoms with Crippen molar-refractivity contribution in [2.45, 2.75) is 44.2 Å². The molecule has 0 amide bonds. The minimum atomic E-state index is -0.872. The Morgan fingerprint density at radius 1 is 0.921 bits per heavy atom. The predicted molar refractivity (Wildman–Crippen MR) is 151 cm³/mol. The molecule has 1 heterocycles. The third-order valence-corrected chi connectivity index (χ3v) is 7.56. The van der Waals surface area contributed by atoms with Crippen LogP contribution in [-0.4, -0.2) is 42.8 Å². The summed E-state index contributed by atoms with van der Waals surface area (Å²) in [6, 6.07) is 18.6. The fraction of sp³-hybridized carbons (Fsp3) is 0.250. The molecule has 0 fully saturated rings. The SMILES string of the molecule is CC(C)(C)c1ccc(-n2nnnc2SCC(=O)Cc2ccc(-c3ccc(CC(=O)O)cc3)cc2Cl)c(Cl)c1. The molecule has 10 heteroatoms. The highest BCUT2D eigenvalue weighted by atomic mass is 35.5. The smallest absolute Gasteiger partial charge is 0.307 e. The first-order valence-electron chi connectivity index (χ1n) is 11.8. The zero-order chi connectivity index (χ0) is 27.4. The molecule has 1 N–H and O–H groups in total. The number of carbonyl (C=O) groups is 2. The summed E-state index contributed by atoms with van der Waals surface area (Å²) in [5.74, 6) is -0.726. The van der Waals surface area contributed by atoms with Gasteiger partial charge in [0.15, 0.2) is 0 Å². The van der Waals surface area contributed by atoms with Gasteiger partial charge in [-0.25, -0.2) is 0 Å². The van der Waals surface area contributed by atoms with E-state index in [-0.39, 0.29) is 29.8 Å². The number of carbonyl (C=O) groups excluding carboxylic acids is 1. The Morgan fingerprint density at radius 2 is 1.63 bits per heavy atom. The third kappa shape index (κ3) is 6.81. The van der Waals surface area contributed by atoms with Gasteiger partial charge >= 0.3 is 5.97 Å². The van der Waals surface area contributed by atoms with Crippen LogP contribution in [0.4, 0.5) is 0 Å². The topological polar surface area (TPSA) is 98.0 Å². The molecule has 0 saturated carbocycles. The number of aromatic nitrogens is 4. The standard InChI is InChI=1S/C28H26Cl2N4O3S/c1-28(2,3)21-10-11-25(24(30)15-21)34-27(31-32-33-34)38-16-22(35)13-20-9-8-19(14-23(20)29)18-6-4-17(5-7-18)12-26(36)37/h4-11,14-15H,12-13,16H2,1-3H3,(H,36,37). The lowest BCUT2D eigenvalue weighted by Crippen LogP contribution is -2.12. The van der Waals surface area contributed by atoms with Crippen molar-refractivity contribution in [2.75, 3.05) is 5.75 Å². The second-order valence-corrected chi connectivity index (χ2v) is 11.6. The average Bonchev–Trinajstić information content (AvgIpc) is 3.32. The van der Waals surface area contributed by atoms with E-state index in [4.69, 9.17) is 28.3 Å². The molecule has 38 heavy (non-hydrogen) atoms. The Balaban J connectivity index is 1.40. The van der Waals surface area contributed by atoms with E-state index in [0.717, 1.165) is 27.8 Å². The number of ketones is 1. The van der Waals surface area contributed by atoms with E-state index in [2.05, 4.69) is 36.3 Å². The van der Waals surface area contributed by atoms with Gasteiger partial charge in [-0.3, -0.25) is 9.59 Å². The van der Waals surface area contributed by atoms with Crippen molar-refractivity contribution >= 4 is 46.7 Å². The quantitative estimate of drug-likeness (QED) is 0.231. The number of nitrogens with zero attached hydrogens (tertiary/aromatic N) is 4. The zero-order valence-corrected chi connectivity index (χ0v) is 23.4. The molecule has 7 nitrogen and oxygen atoms in total. The van der Waals surface area contributed by atoms with Gasteiger partial charge in [-0.15, -0.1) is 5.10 Å². The molecule has 0 aliphatic rings. The molecule has 0 spiro atoms. The number of benzene rings is 3. The van der Waals surface area contributed by atoms with Crippen molar-refractivity contribution in [3.8, 4) is 16.8 Å². The first-order chi connectivity index (χ1) is 18.0. The van der Waals surface area contributed by atoms with E-state index < -0.39 is 5.97 Å². The van der Waals surface area contributed by atoms with Crippen LogP contribution in [0, 0.1) is 0 Å². The first kappa shape index (κ1) is 27.8. The number of hydrogen-bond donors (Lipinski definition) is 1. The van der Waals surface area contributed by atoms with Crippen LogP contribution in [0.15, 0.2) is 65.8 Å². The van der Waals surface area contributed by atoms with Crippen molar-refractivity contribution in [3.05, 3.63) is 87.4 Å². The van der Waals surface area contributed by atoms with Gasteiger partial charge in [-0.2, -0.15) is 4.68 Å². The number of hydrogen-bond acceptors (Lipinski definition) is 6. The summed E-state index contributed by atoms with van der Waals surface area (Å²) in [4.78, 5) is 23.7. The Labute approximate surface area is 235 Å². The number of aliphatic carboxylic acids is 1. The highest BCUT2D eigenvalue weighted by Crippen LogP contribution is 2.31. The van der Waals surface area contributed by atoms with Crippen LogP contribution in [0.2, 0.25) is 10.0 Å². The van der Waals surface area contributed by atoms with E-state index in [1.165, 1.54) is 16.4 Å². The largest absolute Gasteiger partial charge is 0.481 e. The summed E-state index contributed by atoms with van der Waals surface area (Å²) in [5, 5.41) is 22.3. The Bertz CT molecular complexity index is 1480. The normalized spacial score (nSPS) is 11.5. The van der Waals surface area contributed by atoms with E-state index in [1.807, 2.05) is 48.5 Å². The van der Waals surface area contributed by atoms with Crippen molar-refractivity contribution < 1.29 is 14.7 Å². The Hall–Kier alpha value is -3.20. The first-order valence-corrected chi connectivity index (χ1v) is 13.6. The predicted octanol–water partition coefficient (Wildman–Crippen LogP) is 6.46. The summed E-state index contributed by atoms with van der Waals surface area (Å²) in [6.07, 6.45) is 0.148. The number of rotatable bonds is 9. The Kier molecular flexibility index (Phi) is 8.55. The maximum atomic E-state index is 12.8. The number of halogens is 2. The van der Waals surface area contributed by atoms with Crippen molar-refractivity contribution in [1.82, 2.24) is 20.2 Å². The molecule has 0 unspecified atom stereocenters. The van der Waals surface area contributed by atoms with E-state index in [9.17, 15) is 9.59 Å². The fourth-order valence-electron chi connectivity index (χ4n) is 3.83. The molecular weight excluding hydrogens is 543 g/mol. The van der Waals surface area contributed by atoms with Crippen molar-refractivity contribution in [3.63, 3.8) is 0 Å². The van der Waals surface area contributed by atoms with E-state index in [1.54, 1.807) is 12.1 Å². The number of carboxylic acid groups (broad SMARTS) is 1. The van der Waals surface area contributed by atoms with Crippen LogP contribution in [-0.2, 0) is 27.8 Å². The minimum Gasteiger partial charge on any atom is -0.481 e. The monoisotopic (exact) mass is 568 g/mol. The summed E-state index contributed by atoms with van der Waals surface area (Å²) in [6.45, 7) is 6.34. The van der Waals surface area contributed by atoms with Gasteiger partial charge in [-0.1, -0.05) is 98.2 Å². The molecule has 3 aromatic carbocycles. The molecule has 4 rings (SSSR count). The third-order valence-electron chi connectivity index (χ3n) is 5.93. The molecule has 0 radical (unpaired) electrons. The number of carboxylic acids is 1. The van der Waals surface area contributed by atoms with Gasteiger partial charge in [0.2, 0.25) is 5.16 Å². The number of thioether (sulfide) groups is 1. The summed E-state index contributed by atoms with van der Waals surface area (Å²) < 4.78 is 1.54. The Morgan fingerprint density at radius 3 is 2.26 bits per heavy atom. The molecule has 0 aliphatic carbocycles. The average molecular weight is 570 g/mol. The van der Waals surface area contributed by atoms with Gasteiger partial charge in [0, 0.05) is 11.4 Å². The molecule has 196 valence electrons. The molecule has 0 bridgehead atoms. The van der Waals surface area contributed by atoms with E-state index in [0.29, 0.717) is 20.9 Å². The number of tetrazole rings is 1. The lowest BCUT2D eigenvalue weighted by atomic mass is 9.87. The van der Waals surface area contributed by atoms with Gasteiger partial charge in [0.05, 0.1) is 22.9 Å². The van der Waals surface area contributed by atoms with Crippen molar-refractivity contribution in [1.29, 1.82) is 0 Å². The van der Waals surface area contributed by atoms with Gasteiger partial charge < -0.3 is 5.11 Å². The van der Waals surface area contributed by atoms with Crippen molar-refractivity contribution in [2.24, 2.45) is 0 Å². The minimum absolute atomic E-state index is 0.0219. The van der Waals surface area contributed by atoms with Crippen LogP contribution in [0.5, 0.6) is 0 Å². The summed E-state index contributed by atoms with van der Waals surface area (Å²) >= 11 is 14.3. The molecular formula is C28H26Cl2N4O3S. The lowest BCUT2D eigenvalue weighted by molar-refractivity contribution is -0.136.